The first kappa shape index (κ1) is 16.2. The van der Waals surface area contributed by atoms with Crippen molar-refractivity contribution in [2.75, 3.05) is 49.7 Å². The summed E-state index contributed by atoms with van der Waals surface area (Å²) in [5.41, 5.74) is -0.286. The molecule has 0 saturated carbocycles. The minimum atomic E-state index is -0.286. The van der Waals surface area contributed by atoms with E-state index in [1.807, 2.05) is 12.1 Å². The van der Waals surface area contributed by atoms with Crippen molar-refractivity contribution < 1.29 is 9.47 Å². The summed E-state index contributed by atoms with van der Waals surface area (Å²) in [4.78, 5) is 19.0. The number of nitrogens with zero attached hydrogens (tertiary/aromatic N) is 5. The van der Waals surface area contributed by atoms with Gasteiger partial charge in [-0.1, -0.05) is 0 Å². The minimum absolute atomic E-state index is 0.286. The Morgan fingerprint density at radius 2 is 2.16 bits per heavy atom. The Morgan fingerprint density at radius 1 is 1.24 bits per heavy atom. The fourth-order valence-electron chi connectivity index (χ4n) is 3.48. The van der Waals surface area contributed by atoms with Gasteiger partial charge in [-0.2, -0.15) is 0 Å². The van der Waals surface area contributed by atoms with E-state index in [0.29, 0.717) is 31.7 Å². The molecule has 2 fully saturated rings. The highest BCUT2D eigenvalue weighted by molar-refractivity contribution is 5.37. The van der Waals surface area contributed by atoms with Crippen LogP contribution >= 0.6 is 0 Å². The van der Waals surface area contributed by atoms with Gasteiger partial charge in [-0.25, -0.2) is 19.9 Å². The number of nitrogens with one attached hydrogen (secondary N) is 1. The third-order valence-electron chi connectivity index (χ3n) is 4.64. The smallest absolute Gasteiger partial charge is 0.222 e. The predicted molar refractivity (Wildman–Crippen MR) is 92.4 cm³/mol. The van der Waals surface area contributed by atoms with Crippen LogP contribution in [0.2, 0.25) is 0 Å². The molecule has 1 N–H and O–H groups in total. The minimum Gasteiger partial charge on any atom is -0.377 e. The molecule has 0 radical (unpaired) electrons. The second kappa shape index (κ2) is 7.28. The maximum absolute atomic E-state index is 6.22. The quantitative estimate of drug-likeness (QED) is 0.880. The molecule has 2 aromatic heterocycles. The molecular weight excluding hydrogens is 320 g/mol. The van der Waals surface area contributed by atoms with E-state index < -0.39 is 0 Å². The van der Waals surface area contributed by atoms with Crippen LogP contribution in [-0.2, 0) is 9.47 Å². The monoisotopic (exact) mass is 342 g/mol. The van der Waals surface area contributed by atoms with Gasteiger partial charge in [0, 0.05) is 37.6 Å². The number of hydrogen-bond donors (Lipinski definition) is 1. The van der Waals surface area contributed by atoms with Gasteiger partial charge in [-0.3, -0.25) is 0 Å². The standard InChI is InChI=1S/C17H22N6O2/c1-3-19-16(20-4-1)21-9-14-8-17(25-10-14)11-23(6-7-24-12-17)15-2-5-18-13-22-15/h1-5,13-14H,6-12H2,(H,19,20,21)/t14-,17-/m0/s1. The van der Waals surface area contributed by atoms with Gasteiger partial charge in [-0.05, 0) is 18.6 Å². The summed E-state index contributed by atoms with van der Waals surface area (Å²) in [7, 11) is 0. The van der Waals surface area contributed by atoms with Crippen LogP contribution in [0.3, 0.4) is 0 Å². The second-order valence-electron chi connectivity index (χ2n) is 6.56. The lowest BCUT2D eigenvalue weighted by molar-refractivity contribution is -0.0457. The summed E-state index contributed by atoms with van der Waals surface area (Å²) in [6.07, 6.45) is 7.76. The average Bonchev–Trinajstić information content (AvgIpc) is 2.94. The van der Waals surface area contributed by atoms with E-state index in [4.69, 9.17) is 9.47 Å². The molecule has 132 valence electrons. The molecule has 2 aromatic rings. The zero-order valence-corrected chi connectivity index (χ0v) is 14.0. The lowest BCUT2D eigenvalue weighted by Gasteiger charge is -2.31. The van der Waals surface area contributed by atoms with E-state index >= 15 is 0 Å². The first-order chi connectivity index (χ1) is 12.3. The van der Waals surface area contributed by atoms with Crippen molar-refractivity contribution in [2.45, 2.75) is 12.0 Å². The fourth-order valence-corrected chi connectivity index (χ4v) is 3.48. The number of rotatable bonds is 4. The number of ether oxygens (including phenoxy) is 2. The third kappa shape index (κ3) is 3.85. The summed E-state index contributed by atoms with van der Waals surface area (Å²) >= 11 is 0. The van der Waals surface area contributed by atoms with Crippen molar-refractivity contribution in [2.24, 2.45) is 5.92 Å². The van der Waals surface area contributed by atoms with Gasteiger partial charge in [0.15, 0.2) is 0 Å². The van der Waals surface area contributed by atoms with Gasteiger partial charge in [-0.15, -0.1) is 0 Å². The van der Waals surface area contributed by atoms with Crippen molar-refractivity contribution in [1.82, 2.24) is 19.9 Å². The molecule has 1 spiro atoms. The van der Waals surface area contributed by atoms with Crippen molar-refractivity contribution in [3.05, 3.63) is 37.1 Å². The molecule has 0 aromatic carbocycles. The van der Waals surface area contributed by atoms with E-state index in [2.05, 4.69) is 30.2 Å². The van der Waals surface area contributed by atoms with Gasteiger partial charge in [0.05, 0.1) is 26.4 Å². The molecule has 0 bridgehead atoms. The molecule has 4 rings (SSSR count). The van der Waals surface area contributed by atoms with Crippen molar-refractivity contribution >= 4 is 11.8 Å². The molecule has 8 nitrogen and oxygen atoms in total. The molecule has 2 aliphatic heterocycles. The van der Waals surface area contributed by atoms with Crippen LogP contribution in [0.5, 0.6) is 0 Å². The molecule has 4 heterocycles. The number of hydrogen-bond acceptors (Lipinski definition) is 8. The van der Waals surface area contributed by atoms with Crippen LogP contribution in [0, 0.1) is 5.92 Å². The Balaban J connectivity index is 1.39. The Hall–Kier alpha value is -2.32. The van der Waals surface area contributed by atoms with Gasteiger partial charge < -0.3 is 19.7 Å². The van der Waals surface area contributed by atoms with Crippen molar-refractivity contribution in [1.29, 1.82) is 0 Å². The largest absolute Gasteiger partial charge is 0.377 e. The molecule has 0 unspecified atom stereocenters. The first-order valence-electron chi connectivity index (χ1n) is 8.57. The van der Waals surface area contributed by atoms with E-state index in [0.717, 1.165) is 31.9 Å². The Morgan fingerprint density at radius 3 is 3.00 bits per heavy atom. The molecule has 8 heteroatoms. The van der Waals surface area contributed by atoms with Gasteiger partial charge >= 0.3 is 0 Å². The van der Waals surface area contributed by atoms with Crippen LogP contribution in [0.4, 0.5) is 11.8 Å². The SMILES string of the molecule is c1cnc(NC[C@H]2CO[C@@]3(COCCN(c4ccncn4)C3)C2)nc1. The molecule has 2 atom stereocenters. The summed E-state index contributed by atoms with van der Waals surface area (Å²) in [5.74, 6) is 1.98. The lowest BCUT2D eigenvalue weighted by Crippen LogP contribution is -2.44. The average molecular weight is 342 g/mol. The molecule has 2 aliphatic rings. The molecule has 25 heavy (non-hydrogen) atoms. The summed E-state index contributed by atoms with van der Waals surface area (Å²) in [6, 6.07) is 3.74. The Labute approximate surface area is 146 Å². The topological polar surface area (TPSA) is 85.3 Å². The van der Waals surface area contributed by atoms with Crippen LogP contribution < -0.4 is 10.2 Å². The van der Waals surface area contributed by atoms with E-state index in [-0.39, 0.29) is 5.60 Å². The second-order valence-corrected chi connectivity index (χ2v) is 6.56. The third-order valence-corrected chi connectivity index (χ3v) is 4.64. The van der Waals surface area contributed by atoms with Gasteiger partial charge in [0.25, 0.3) is 0 Å². The first-order valence-corrected chi connectivity index (χ1v) is 8.57. The van der Waals surface area contributed by atoms with E-state index in [1.165, 1.54) is 0 Å². The molecule has 0 aliphatic carbocycles. The summed E-state index contributed by atoms with van der Waals surface area (Å²) in [6.45, 7) is 4.38. The van der Waals surface area contributed by atoms with Crippen LogP contribution in [0.1, 0.15) is 6.42 Å². The number of anilines is 2. The maximum Gasteiger partial charge on any atom is 0.222 e. The Kier molecular flexibility index (Phi) is 4.71. The van der Waals surface area contributed by atoms with Crippen LogP contribution in [0.15, 0.2) is 37.1 Å². The van der Waals surface area contributed by atoms with Crippen LogP contribution in [0.25, 0.3) is 0 Å². The highest BCUT2D eigenvalue weighted by atomic mass is 16.5. The lowest BCUT2D eigenvalue weighted by atomic mass is 9.94. The van der Waals surface area contributed by atoms with E-state index in [1.54, 1.807) is 24.9 Å². The summed E-state index contributed by atoms with van der Waals surface area (Å²) < 4.78 is 12.1. The zero-order valence-electron chi connectivity index (χ0n) is 14.0. The normalized spacial score (nSPS) is 26.6. The summed E-state index contributed by atoms with van der Waals surface area (Å²) in [5, 5.41) is 3.29. The van der Waals surface area contributed by atoms with Crippen LogP contribution in [-0.4, -0.2) is 65.0 Å². The molecular formula is C17H22N6O2. The molecule has 0 amide bonds. The highest BCUT2D eigenvalue weighted by Gasteiger charge is 2.43. The fraction of sp³-hybridized carbons (Fsp3) is 0.529. The maximum atomic E-state index is 6.22. The van der Waals surface area contributed by atoms with Crippen molar-refractivity contribution in [3.63, 3.8) is 0 Å². The highest BCUT2D eigenvalue weighted by Crippen LogP contribution is 2.33. The number of aromatic nitrogens is 4. The van der Waals surface area contributed by atoms with Gasteiger partial charge in [0.1, 0.15) is 17.7 Å². The predicted octanol–water partition coefficient (Wildman–Crippen LogP) is 0.991. The van der Waals surface area contributed by atoms with E-state index in [9.17, 15) is 0 Å². The van der Waals surface area contributed by atoms with Crippen molar-refractivity contribution in [3.8, 4) is 0 Å². The Bertz CT molecular complexity index is 673. The zero-order chi connectivity index (χ0) is 17.0. The van der Waals surface area contributed by atoms with Gasteiger partial charge in [0.2, 0.25) is 5.95 Å². The molecule has 2 saturated heterocycles.